The number of ether oxygens (including phenoxy) is 1. The summed E-state index contributed by atoms with van der Waals surface area (Å²) in [6, 6.07) is 6.73. The lowest BCUT2D eigenvalue weighted by molar-refractivity contribution is 0.199. The lowest BCUT2D eigenvalue weighted by Gasteiger charge is -2.24. The molecule has 2 N–H and O–H groups in total. The molecule has 2 rings (SSSR count). The number of hydrogen-bond donors (Lipinski definition) is 2. The summed E-state index contributed by atoms with van der Waals surface area (Å²) in [5, 5.41) is 13.2. The highest BCUT2D eigenvalue weighted by Crippen LogP contribution is 2.33. The summed E-state index contributed by atoms with van der Waals surface area (Å²) in [6.07, 6.45) is 2.41. The molecule has 0 saturated heterocycles. The summed E-state index contributed by atoms with van der Waals surface area (Å²) in [4.78, 5) is 2.24. The third kappa shape index (κ3) is 4.35. The highest BCUT2D eigenvalue weighted by molar-refractivity contribution is 6.31. The van der Waals surface area contributed by atoms with Crippen molar-refractivity contribution in [1.82, 2.24) is 5.32 Å². The van der Waals surface area contributed by atoms with E-state index >= 15 is 0 Å². The van der Waals surface area contributed by atoms with Crippen molar-refractivity contribution in [2.45, 2.75) is 25.4 Å². The zero-order chi connectivity index (χ0) is 14.4. The van der Waals surface area contributed by atoms with Gasteiger partial charge in [0, 0.05) is 43.5 Å². The van der Waals surface area contributed by atoms with Crippen LogP contribution in [0.4, 0.5) is 5.69 Å². The molecule has 4 nitrogen and oxygen atoms in total. The van der Waals surface area contributed by atoms with Crippen LogP contribution in [0.15, 0.2) is 18.2 Å². The third-order valence-electron chi connectivity index (χ3n) is 3.50. The van der Waals surface area contributed by atoms with Gasteiger partial charge in [-0.15, -0.1) is 0 Å². The van der Waals surface area contributed by atoms with E-state index in [0.29, 0.717) is 19.2 Å². The Morgan fingerprint density at radius 2 is 2.25 bits per heavy atom. The Kier molecular flexibility index (Phi) is 6.10. The van der Waals surface area contributed by atoms with E-state index in [9.17, 15) is 0 Å². The summed E-state index contributed by atoms with van der Waals surface area (Å²) < 4.78 is 4.99. The van der Waals surface area contributed by atoms with E-state index in [-0.39, 0.29) is 6.61 Å². The number of nitrogens with one attached hydrogen (secondary N) is 1. The van der Waals surface area contributed by atoms with Gasteiger partial charge >= 0.3 is 0 Å². The van der Waals surface area contributed by atoms with Gasteiger partial charge in [-0.3, -0.25) is 0 Å². The number of rotatable bonds is 9. The van der Waals surface area contributed by atoms with E-state index in [1.807, 2.05) is 6.07 Å². The smallest absolute Gasteiger partial charge is 0.0606 e. The molecule has 0 heterocycles. The molecular weight excluding hydrogens is 276 g/mol. The van der Waals surface area contributed by atoms with Crippen LogP contribution in [0.25, 0.3) is 0 Å². The van der Waals surface area contributed by atoms with Crippen molar-refractivity contribution < 1.29 is 9.84 Å². The second-order valence-electron chi connectivity index (χ2n) is 5.09. The molecule has 1 aliphatic carbocycles. The summed E-state index contributed by atoms with van der Waals surface area (Å²) in [5.74, 6) is 0. The standard InChI is InChI=1S/C15H23ClN2O2/c1-20-9-6-17-11-12-2-3-14(10-15(12)16)18(7-8-19)13-4-5-13/h2-3,10,13,17,19H,4-9,11H2,1H3. The van der Waals surface area contributed by atoms with Crippen LogP contribution in [-0.4, -0.2) is 44.6 Å². The molecule has 1 saturated carbocycles. The van der Waals surface area contributed by atoms with Gasteiger partial charge in [0.2, 0.25) is 0 Å². The fourth-order valence-corrected chi connectivity index (χ4v) is 2.51. The quantitative estimate of drug-likeness (QED) is 0.685. The number of anilines is 1. The lowest BCUT2D eigenvalue weighted by Crippen LogP contribution is -2.28. The Balaban J connectivity index is 1.97. The van der Waals surface area contributed by atoms with E-state index in [4.69, 9.17) is 21.4 Å². The maximum atomic E-state index is 9.17. The molecule has 0 amide bonds. The predicted molar refractivity (Wildman–Crippen MR) is 82.5 cm³/mol. The van der Waals surface area contributed by atoms with Crippen molar-refractivity contribution >= 4 is 17.3 Å². The number of halogens is 1. The lowest BCUT2D eigenvalue weighted by atomic mass is 10.2. The molecule has 1 aromatic rings. The second kappa shape index (κ2) is 7.84. The van der Waals surface area contributed by atoms with Gasteiger partial charge in [0.25, 0.3) is 0 Å². The van der Waals surface area contributed by atoms with Crippen molar-refractivity contribution in [3.63, 3.8) is 0 Å². The van der Waals surface area contributed by atoms with Crippen molar-refractivity contribution in [3.05, 3.63) is 28.8 Å². The van der Waals surface area contributed by atoms with Gasteiger partial charge in [-0.05, 0) is 30.5 Å². The minimum absolute atomic E-state index is 0.175. The first-order valence-corrected chi connectivity index (χ1v) is 7.49. The largest absolute Gasteiger partial charge is 0.395 e. The molecule has 1 fully saturated rings. The minimum Gasteiger partial charge on any atom is -0.395 e. The maximum absolute atomic E-state index is 9.17. The van der Waals surface area contributed by atoms with Gasteiger partial charge in [0.15, 0.2) is 0 Å². The van der Waals surface area contributed by atoms with Gasteiger partial charge in [0.1, 0.15) is 0 Å². The topological polar surface area (TPSA) is 44.7 Å². The van der Waals surface area contributed by atoms with Crippen molar-refractivity contribution in [3.8, 4) is 0 Å². The van der Waals surface area contributed by atoms with E-state index < -0.39 is 0 Å². The molecule has 1 aromatic carbocycles. The monoisotopic (exact) mass is 298 g/mol. The molecule has 112 valence electrons. The number of benzene rings is 1. The first kappa shape index (κ1) is 15.6. The molecule has 0 spiro atoms. The number of hydrogen-bond acceptors (Lipinski definition) is 4. The molecule has 5 heteroatoms. The van der Waals surface area contributed by atoms with E-state index in [0.717, 1.165) is 29.4 Å². The molecule has 0 aliphatic heterocycles. The molecule has 0 radical (unpaired) electrons. The Bertz CT molecular complexity index is 424. The molecule has 0 aromatic heterocycles. The van der Waals surface area contributed by atoms with Crippen molar-refractivity contribution in [2.24, 2.45) is 0 Å². The van der Waals surface area contributed by atoms with Crippen LogP contribution in [0, 0.1) is 0 Å². The van der Waals surface area contributed by atoms with Crippen LogP contribution in [0.1, 0.15) is 18.4 Å². The van der Waals surface area contributed by atoms with Gasteiger partial charge in [-0.25, -0.2) is 0 Å². The SMILES string of the molecule is COCCNCc1ccc(N(CCO)C2CC2)cc1Cl. The fraction of sp³-hybridized carbons (Fsp3) is 0.600. The molecule has 1 aliphatic rings. The molecule has 0 bridgehead atoms. The van der Waals surface area contributed by atoms with Crippen LogP contribution in [0.3, 0.4) is 0 Å². The van der Waals surface area contributed by atoms with Crippen LogP contribution in [-0.2, 0) is 11.3 Å². The summed E-state index contributed by atoms with van der Waals surface area (Å²) in [5.41, 5.74) is 2.19. The normalized spacial score (nSPS) is 14.6. The summed E-state index contributed by atoms with van der Waals surface area (Å²) in [6.45, 7) is 3.10. The van der Waals surface area contributed by atoms with E-state index in [1.54, 1.807) is 7.11 Å². The molecule has 0 atom stereocenters. The highest BCUT2D eigenvalue weighted by atomic mass is 35.5. The Hall–Kier alpha value is -0.810. The second-order valence-corrected chi connectivity index (χ2v) is 5.50. The molecule has 0 unspecified atom stereocenters. The molecule has 20 heavy (non-hydrogen) atoms. The number of aliphatic hydroxyl groups is 1. The zero-order valence-electron chi connectivity index (χ0n) is 11.9. The van der Waals surface area contributed by atoms with Crippen LogP contribution < -0.4 is 10.2 Å². The van der Waals surface area contributed by atoms with Crippen molar-refractivity contribution in [2.75, 3.05) is 38.3 Å². The average Bonchev–Trinajstić information content (AvgIpc) is 3.27. The van der Waals surface area contributed by atoms with E-state index in [2.05, 4.69) is 22.3 Å². The molecular formula is C15H23ClN2O2. The Morgan fingerprint density at radius 1 is 1.45 bits per heavy atom. The van der Waals surface area contributed by atoms with Gasteiger partial charge in [0.05, 0.1) is 13.2 Å². The minimum atomic E-state index is 0.175. The first-order valence-electron chi connectivity index (χ1n) is 7.12. The van der Waals surface area contributed by atoms with Gasteiger partial charge in [-0.2, -0.15) is 0 Å². The Morgan fingerprint density at radius 3 is 2.85 bits per heavy atom. The maximum Gasteiger partial charge on any atom is 0.0606 e. The van der Waals surface area contributed by atoms with E-state index in [1.165, 1.54) is 12.8 Å². The number of aliphatic hydroxyl groups excluding tert-OH is 1. The summed E-state index contributed by atoms with van der Waals surface area (Å²) in [7, 11) is 1.69. The predicted octanol–water partition coefficient (Wildman–Crippen LogP) is 2.04. The number of nitrogens with zero attached hydrogens (tertiary/aromatic N) is 1. The first-order chi connectivity index (χ1) is 9.76. The zero-order valence-corrected chi connectivity index (χ0v) is 12.7. The number of methoxy groups -OCH3 is 1. The third-order valence-corrected chi connectivity index (χ3v) is 3.85. The van der Waals surface area contributed by atoms with Crippen LogP contribution in [0.5, 0.6) is 0 Å². The van der Waals surface area contributed by atoms with Gasteiger partial charge < -0.3 is 20.1 Å². The average molecular weight is 299 g/mol. The van der Waals surface area contributed by atoms with Crippen molar-refractivity contribution in [1.29, 1.82) is 0 Å². The fourth-order valence-electron chi connectivity index (χ4n) is 2.27. The van der Waals surface area contributed by atoms with Crippen LogP contribution >= 0.6 is 11.6 Å². The van der Waals surface area contributed by atoms with Crippen LogP contribution in [0.2, 0.25) is 5.02 Å². The Labute approximate surface area is 125 Å². The van der Waals surface area contributed by atoms with Gasteiger partial charge in [-0.1, -0.05) is 17.7 Å². The highest BCUT2D eigenvalue weighted by Gasteiger charge is 2.29. The summed E-state index contributed by atoms with van der Waals surface area (Å²) >= 11 is 6.35.